The summed E-state index contributed by atoms with van der Waals surface area (Å²) in [5, 5.41) is 20.1. The number of fused-ring (bicyclic) bond motifs is 3. The van der Waals surface area contributed by atoms with Gasteiger partial charge in [0.1, 0.15) is 11.4 Å². The Hall–Kier alpha value is -1.40. The van der Waals surface area contributed by atoms with Crippen LogP contribution in [0.5, 0.6) is 0 Å². The molecule has 0 spiro atoms. The molecule has 19 heavy (non-hydrogen) atoms. The Bertz CT molecular complexity index is 697. The normalized spacial score (nSPS) is 21.8. The van der Waals surface area contributed by atoms with E-state index in [9.17, 15) is 14.3 Å². The van der Waals surface area contributed by atoms with Crippen molar-refractivity contribution in [3.05, 3.63) is 34.2 Å². The quantitative estimate of drug-likeness (QED) is 0.891. The third-order valence-electron chi connectivity index (χ3n) is 3.60. The van der Waals surface area contributed by atoms with E-state index in [1.165, 1.54) is 12.1 Å². The fraction of sp³-hybridized carbons (Fsp3) is 0.308. The summed E-state index contributed by atoms with van der Waals surface area (Å²) in [6.07, 6.45) is -0.0118. The van der Waals surface area contributed by atoms with Gasteiger partial charge in [-0.25, -0.2) is 4.39 Å². The van der Waals surface area contributed by atoms with E-state index < -0.39 is 11.6 Å². The molecule has 2 N–H and O–H groups in total. The number of aryl methyl sites for hydroxylation is 1. The van der Waals surface area contributed by atoms with Crippen molar-refractivity contribution in [3.8, 4) is 0 Å². The molecule has 3 rings (SSSR count). The molecule has 1 unspecified atom stereocenters. The Balaban J connectivity index is 2.22. The Kier molecular flexibility index (Phi) is 2.69. The molecule has 0 bridgehead atoms. The molecule has 6 heteroatoms. The molecule has 0 aliphatic carbocycles. The number of halogens is 2. The number of nitrogens with zero attached hydrogens (tertiary/aromatic N) is 1. The molecule has 1 aromatic heterocycles. The molecule has 1 aliphatic rings. The second-order valence-electron chi connectivity index (χ2n) is 4.85. The summed E-state index contributed by atoms with van der Waals surface area (Å²) in [5.74, 6) is -1.42. The smallest absolute Gasteiger partial charge is 0.306 e. The third-order valence-corrected chi connectivity index (χ3v) is 4.26. The summed E-state index contributed by atoms with van der Waals surface area (Å²) < 4.78 is 15.8. The zero-order valence-corrected chi connectivity index (χ0v) is 11.4. The fourth-order valence-electron chi connectivity index (χ4n) is 2.76. The largest absolute Gasteiger partial charge is 0.481 e. The first kappa shape index (κ1) is 12.6. The summed E-state index contributed by atoms with van der Waals surface area (Å²) in [7, 11) is 0. The van der Waals surface area contributed by atoms with Gasteiger partial charge < -0.3 is 14.8 Å². The Labute approximate surface area is 116 Å². The summed E-state index contributed by atoms with van der Waals surface area (Å²) in [6.45, 7) is 0.485. The van der Waals surface area contributed by atoms with Gasteiger partial charge in [-0.1, -0.05) is 0 Å². The van der Waals surface area contributed by atoms with Gasteiger partial charge in [0.05, 0.1) is 17.6 Å². The molecule has 100 valence electrons. The van der Waals surface area contributed by atoms with Crippen molar-refractivity contribution in [2.75, 3.05) is 0 Å². The van der Waals surface area contributed by atoms with Gasteiger partial charge in [-0.15, -0.1) is 0 Å². The zero-order chi connectivity index (χ0) is 13.8. The van der Waals surface area contributed by atoms with Crippen LogP contribution in [0.15, 0.2) is 22.7 Å². The van der Waals surface area contributed by atoms with Crippen LogP contribution < -0.4 is 0 Å². The van der Waals surface area contributed by atoms with E-state index in [0.717, 1.165) is 5.39 Å². The first-order valence-corrected chi connectivity index (χ1v) is 6.63. The van der Waals surface area contributed by atoms with E-state index in [1.54, 1.807) is 10.6 Å². The number of aliphatic hydroxyl groups is 1. The average Bonchev–Trinajstić information content (AvgIpc) is 2.78. The van der Waals surface area contributed by atoms with Gasteiger partial charge >= 0.3 is 5.97 Å². The van der Waals surface area contributed by atoms with Gasteiger partial charge in [-0.2, -0.15) is 0 Å². The molecule has 4 nitrogen and oxygen atoms in total. The molecule has 1 aromatic carbocycles. The maximum atomic E-state index is 13.4. The van der Waals surface area contributed by atoms with Gasteiger partial charge in [0.25, 0.3) is 0 Å². The van der Waals surface area contributed by atoms with Crippen LogP contribution in [0.1, 0.15) is 18.5 Å². The van der Waals surface area contributed by atoms with Gasteiger partial charge in [-0.3, -0.25) is 4.79 Å². The number of rotatable bonds is 2. The van der Waals surface area contributed by atoms with Gasteiger partial charge in [0.2, 0.25) is 0 Å². The van der Waals surface area contributed by atoms with Crippen molar-refractivity contribution < 1.29 is 19.4 Å². The van der Waals surface area contributed by atoms with E-state index in [2.05, 4.69) is 15.9 Å². The van der Waals surface area contributed by atoms with E-state index in [-0.39, 0.29) is 12.2 Å². The highest BCUT2D eigenvalue weighted by molar-refractivity contribution is 9.10. The molecule has 1 aliphatic heterocycles. The first-order valence-electron chi connectivity index (χ1n) is 5.84. The van der Waals surface area contributed by atoms with Crippen molar-refractivity contribution in [1.29, 1.82) is 0 Å². The molecule has 2 heterocycles. The van der Waals surface area contributed by atoms with Crippen molar-refractivity contribution >= 4 is 32.8 Å². The predicted molar refractivity (Wildman–Crippen MR) is 70.4 cm³/mol. The number of hydrogen-bond donors (Lipinski definition) is 2. The molecule has 0 saturated heterocycles. The maximum absolute atomic E-state index is 13.4. The molecule has 0 saturated carbocycles. The minimum absolute atomic E-state index is 0.332. The van der Waals surface area contributed by atoms with E-state index in [0.29, 0.717) is 28.6 Å². The Morgan fingerprint density at radius 3 is 2.89 bits per heavy atom. The number of carboxylic acids is 1. The molecule has 2 aromatic rings. The van der Waals surface area contributed by atoms with E-state index in [4.69, 9.17) is 5.11 Å². The maximum Gasteiger partial charge on any atom is 0.306 e. The number of hydrogen-bond acceptors (Lipinski definition) is 2. The minimum Gasteiger partial charge on any atom is -0.481 e. The number of benzene rings is 1. The summed E-state index contributed by atoms with van der Waals surface area (Å²) in [6, 6.07) is 4.49. The summed E-state index contributed by atoms with van der Waals surface area (Å²) >= 11 is 3.29. The highest BCUT2D eigenvalue weighted by Crippen LogP contribution is 2.41. The topological polar surface area (TPSA) is 62.5 Å². The second-order valence-corrected chi connectivity index (χ2v) is 5.71. The molecular weight excluding hydrogens is 317 g/mol. The highest BCUT2D eigenvalue weighted by atomic mass is 79.9. The highest BCUT2D eigenvalue weighted by Gasteiger charge is 2.40. The van der Waals surface area contributed by atoms with Crippen molar-refractivity contribution in [1.82, 2.24) is 4.57 Å². The predicted octanol–water partition coefficient (Wildman–Crippen LogP) is 2.61. The van der Waals surface area contributed by atoms with Crippen molar-refractivity contribution in [2.24, 2.45) is 0 Å². The number of aliphatic carboxylic acids is 1. The Morgan fingerprint density at radius 1 is 1.47 bits per heavy atom. The van der Waals surface area contributed by atoms with Crippen LogP contribution in [0.25, 0.3) is 10.9 Å². The van der Waals surface area contributed by atoms with Crippen LogP contribution in [-0.2, 0) is 16.9 Å². The first-order chi connectivity index (χ1) is 8.90. The van der Waals surface area contributed by atoms with Gasteiger partial charge in [-0.05, 0) is 34.1 Å². The lowest BCUT2D eigenvalue weighted by atomic mass is 9.94. The zero-order valence-electron chi connectivity index (χ0n) is 9.86. The second kappa shape index (κ2) is 4.05. The van der Waals surface area contributed by atoms with Crippen molar-refractivity contribution in [2.45, 2.75) is 25.0 Å². The lowest BCUT2D eigenvalue weighted by Gasteiger charge is -2.19. The molecule has 1 atom stereocenters. The minimum atomic E-state index is -1.37. The van der Waals surface area contributed by atoms with E-state index in [1.807, 2.05) is 0 Å². The monoisotopic (exact) mass is 327 g/mol. The number of carboxylic acid groups (broad SMARTS) is 1. The van der Waals surface area contributed by atoms with Crippen LogP contribution in [0.3, 0.4) is 0 Å². The van der Waals surface area contributed by atoms with Crippen molar-refractivity contribution in [3.63, 3.8) is 0 Å². The summed E-state index contributed by atoms with van der Waals surface area (Å²) in [4.78, 5) is 10.9. The molecular formula is C13H11BrFNO3. The SMILES string of the molecule is O=C(O)CC1(O)CCn2c1cc1c(Br)cc(F)cc12. The standard InChI is InChI=1S/C13H11BrFNO3/c14-9-3-7(15)4-10-8(9)5-11-13(19,6-12(17)18)1-2-16(10)11/h3-5,19H,1-2,6H2,(H,17,18). The Morgan fingerprint density at radius 2 is 2.21 bits per heavy atom. The van der Waals surface area contributed by atoms with Crippen LogP contribution in [0, 0.1) is 5.82 Å². The lowest BCUT2D eigenvalue weighted by Crippen LogP contribution is -2.26. The van der Waals surface area contributed by atoms with E-state index >= 15 is 0 Å². The number of carbonyl (C=O) groups is 1. The molecule has 0 fully saturated rings. The molecule has 0 radical (unpaired) electrons. The van der Waals surface area contributed by atoms with Crippen LogP contribution in [0.2, 0.25) is 0 Å². The van der Waals surface area contributed by atoms with Crippen LogP contribution >= 0.6 is 15.9 Å². The van der Waals surface area contributed by atoms with Gasteiger partial charge in [0.15, 0.2) is 0 Å². The number of aromatic nitrogens is 1. The van der Waals surface area contributed by atoms with Gasteiger partial charge in [0, 0.05) is 22.8 Å². The fourth-order valence-corrected chi connectivity index (χ4v) is 3.30. The summed E-state index contributed by atoms with van der Waals surface area (Å²) in [5.41, 5.74) is -0.166. The third kappa shape index (κ3) is 1.86. The average molecular weight is 328 g/mol. The van der Waals surface area contributed by atoms with Crippen LogP contribution in [0.4, 0.5) is 4.39 Å². The molecule has 0 amide bonds. The lowest BCUT2D eigenvalue weighted by molar-refractivity contribution is -0.142. The van der Waals surface area contributed by atoms with Crippen LogP contribution in [-0.4, -0.2) is 20.7 Å².